The van der Waals surface area contributed by atoms with Crippen LogP contribution in [0.4, 0.5) is 4.79 Å². The van der Waals surface area contributed by atoms with Crippen molar-refractivity contribution in [1.29, 1.82) is 0 Å². The Morgan fingerprint density at radius 2 is 1.95 bits per heavy atom. The van der Waals surface area contributed by atoms with Crippen LogP contribution in [-0.2, 0) is 11.3 Å². The minimum absolute atomic E-state index is 0.0413. The topological polar surface area (TPSA) is 64.3 Å². The Balaban J connectivity index is 1.64. The van der Waals surface area contributed by atoms with Crippen LogP contribution in [0.3, 0.4) is 0 Å². The van der Waals surface area contributed by atoms with Crippen molar-refractivity contribution in [1.82, 2.24) is 5.32 Å². The monoisotopic (exact) mass is 276 g/mol. The lowest BCUT2D eigenvalue weighted by Gasteiger charge is -2.27. The molecule has 0 radical (unpaired) electrons. The Hall–Kier alpha value is -1.55. The third-order valence-electron chi connectivity index (χ3n) is 3.95. The molecule has 1 amide bonds. The van der Waals surface area contributed by atoms with Gasteiger partial charge in [-0.2, -0.15) is 0 Å². The number of carbonyl (C=O) groups excluding carboxylic acids is 1. The van der Waals surface area contributed by atoms with Crippen LogP contribution in [0.5, 0.6) is 0 Å². The first-order valence-electron chi connectivity index (χ1n) is 7.46. The Kier molecular flexibility index (Phi) is 5.87. The highest BCUT2D eigenvalue weighted by molar-refractivity contribution is 5.67. The van der Waals surface area contributed by atoms with Gasteiger partial charge in [-0.25, -0.2) is 4.79 Å². The summed E-state index contributed by atoms with van der Waals surface area (Å²) in [4.78, 5) is 11.6. The lowest BCUT2D eigenvalue weighted by Crippen LogP contribution is -2.42. The number of benzene rings is 1. The molecule has 0 aromatic heterocycles. The van der Waals surface area contributed by atoms with Gasteiger partial charge in [0.1, 0.15) is 6.61 Å². The summed E-state index contributed by atoms with van der Waals surface area (Å²) in [5.74, 6) is 0.540. The van der Waals surface area contributed by atoms with Crippen LogP contribution in [0.15, 0.2) is 30.3 Å². The smallest absolute Gasteiger partial charge is 0.407 e. The third kappa shape index (κ3) is 4.85. The molecule has 0 spiro atoms. The van der Waals surface area contributed by atoms with Crippen LogP contribution in [0.2, 0.25) is 0 Å². The second-order valence-electron chi connectivity index (χ2n) is 5.50. The first-order chi connectivity index (χ1) is 9.75. The quantitative estimate of drug-likeness (QED) is 0.869. The number of ether oxygens (including phenoxy) is 1. The molecule has 1 aliphatic rings. The van der Waals surface area contributed by atoms with E-state index in [4.69, 9.17) is 10.5 Å². The Morgan fingerprint density at radius 3 is 2.65 bits per heavy atom. The number of nitrogens with two attached hydrogens (primary N) is 1. The maximum Gasteiger partial charge on any atom is 0.407 e. The van der Waals surface area contributed by atoms with Crippen LogP contribution in [-0.4, -0.2) is 18.7 Å². The van der Waals surface area contributed by atoms with Gasteiger partial charge < -0.3 is 15.8 Å². The molecule has 0 saturated heterocycles. The van der Waals surface area contributed by atoms with Gasteiger partial charge in [0.05, 0.1) is 0 Å². The molecular formula is C16H24N2O2. The van der Waals surface area contributed by atoms with Crippen molar-refractivity contribution in [3.8, 4) is 0 Å². The molecule has 20 heavy (non-hydrogen) atoms. The van der Waals surface area contributed by atoms with Crippen molar-refractivity contribution in [3.05, 3.63) is 35.9 Å². The summed E-state index contributed by atoms with van der Waals surface area (Å²) >= 11 is 0. The average Bonchev–Trinajstić information content (AvgIpc) is 2.52. The molecule has 4 nitrogen and oxygen atoms in total. The molecule has 1 aliphatic carbocycles. The molecule has 4 heteroatoms. The highest BCUT2D eigenvalue weighted by Gasteiger charge is 2.20. The number of amides is 1. The summed E-state index contributed by atoms with van der Waals surface area (Å²) < 4.78 is 5.16. The summed E-state index contributed by atoms with van der Waals surface area (Å²) in [5, 5.41) is 2.76. The number of nitrogens with one attached hydrogen (secondary N) is 1. The van der Waals surface area contributed by atoms with E-state index in [-0.39, 0.29) is 12.1 Å². The fraction of sp³-hybridized carbons (Fsp3) is 0.562. The maximum absolute atomic E-state index is 11.6. The van der Waals surface area contributed by atoms with Crippen molar-refractivity contribution < 1.29 is 9.53 Å². The zero-order valence-corrected chi connectivity index (χ0v) is 11.9. The first kappa shape index (κ1) is 14.9. The van der Waals surface area contributed by atoms with Crippen LogP contribution in [0.25, 0.3) is 0 Å². The maximum atomic E-state index is 11.6. The minimum Gasteiger partial charge on any atom is -0.445 e. The highest BCUT2D eigenvalue weighted by atomic mass is 16.5. The van der Waals surface area contributed by atoms with Crippen LogP contribution < -0.4 is 11.1 Å². The summed E-state index contributed by atoms with van der Waals surface area (Å²) in [6, 6.07) is 9.69. The van der Waals surface area contributed by atoms with E-state index in [1.165, 1.54) is 32.1 Å². The zero-order valence-electron chi connectivity index (χ0n) is 11.9. The highest BCUT2D eigenvalue weighted by Crippen LogP contribution is 2.25. The third-order valence-corrected chi connectivity index (χ3v) is 3.95. The predicted octanol–water partition coefficient (Wildman–Crippen LogP) is 2.82. The van der Waals surface area contributed by atoms with Gasteiger partial charge in [-0.05, 0) is 24.3 Å². The van der Waals surface area contributed by atoms with E-state index in [0.29, 0.717) is 19.1 Å². The van der Waals surface area contributed by atoms with Gasteiger partial charge in [0, 0.05) is 12.6 Å². The van der Waals surface area contributed by atoms with E-state index in [9.17, 15) is 4.79 Å². The summed E-state index contributed by atoms with van der Waals surface area (Å²) in [5.41, 5.74) is 7.12. The molecule has 1 aromatic rings. The second kappa shape index (κ2) is 7.90. The molecule has 1 aromatic carbocycles. The number of hydrogen-bond acceptors (Lipinski definition) is 3. The van der Waals surface area contributed by atoms with E-state index in [1.54, 1.807) is 0 Å². The average molecular weight is 276 g/mol. The molecular weight excluding hydrogens is 252 g/mol. The van der Waals surface area contributed by atoms with Crippen molar-refractivity contribution in [2.24, 2.45) is 11.7 Å². The van der Waals surface area contributed by atoms with Gasteiger partial charge in [0.2, 0.25) is 0 Å². The summed E-state index contributed by atoms with van der Waals surface area (Å²) in [7, 11) is 0. The molecule has 2 rings (SSSR count). The van der Waals surface area contributed by atoms with Crippen LogP contribution in [0.1, 0.15) is 37.7 Å². The molecule has 110 valence electrons. The van der Waals surface area contributed by atoms with E-state index in [1.807, 2.05) is 30.3 Å². The number of hydrogen-bond donors (Lipinski definition) is 2. The van der Waals surface area contributed by atoms with Crippen LogP contribution in [0, 0.1) is 5.92 Å². The number of rotatable bonds is 5. The second-order valence-corrected chi connectivity index (χ2v) is 5.50. The van der Waals surface area contributed by atoms with E-state index in [2.05, 4.69) is 5.32 Å². The van der Waals surface area contributed by atoms with E-state index in [0.717, 1.165) is 5.56 Å². The SMILES string of the molecule is NC(CNC(=O)OCc1ccccc1)C1CCCCC1. The van der Waals surface area contributed by atoms with Crippen LogP contribution >= 0.6 is 0 Å². The minimum atomic E-state index is -0.389. The fourth-order valence-electron chi connectivity index (χ4n) is 2.70. The van der Waals surface area contributed by atoms with Gasteiger partial charge in [0.15, 0.2) is 0 Å². The zero-order chi connectivity index (χ0) is 14.2. The number of carbonyl (C=O) groups is 1. The van der Waals surface area contributed by atoms with Gasteiger partial charge in [0.25, 0.3) is 0 Å². The normalized spacial score (nSPS) is 17.4. The molecule has 0 bridgehead atoms. The molecule has 0 aliphatic heterocycles. The number of alkyl carbamates (subject to hydrolysis) is 1. The molecule has 3 N–H and O–H groups in total. The van der Waals surface area contributed by atoms with E-state index < -0.39 is 0 Å². The Labute approximate surface area is 120 Å². The van der Waals surface area contributed by atoms with E-state index >= 15 is 0 Å². The lowest BCUT2D eigenvalue weighted by atomic mass is 9.84. The molecule has 1 saturated carbocycles. The van der Waals surface area contributed by atoms with Crippen molar-refractivity contribution >= 4 is 6.09 Å². The summed E-state index contributed by atoms with van der Waals surface area (Å²) in [6.45, 7) is 0.795. The standard InChI is InChI=1S/C16H24N2O2/c17-15(14-9-5-2-6-10-14)11-18-16(19)20-12-13-7-3-1-4-8-13/h1,3-4,7-8,14-15H,2,5-6,9-12,17H2,(H,18,19). The van der Waals surface area contributed by atoms with Gasteiger partial charge in [-0.15, -0.1) is 0 Å². The van der Waals surface area contributed by atoms with Gasteiger partial charge in [-0.3, -0.25) is 0 Å². The molecule has 0 heterocycles. The van der Waals surface area contributed by atoms with Crippen molar-refractivity contribution in [3.63, 3.8) is 0 Å². The first-order valence-corrected chi connectivity index (χ1v) is 7.46. The molecule has 1 unspecified atom stereocenters. The summed E-state index contributed by atoms with van der Waals surface area (Å²) in [6.07, 6.45) is 5.81. The lowest BCUT2D eigenvalue weighted by molar-refractivity contribution is 0.137. The molecule has 1 fully saturated rings. The van der Waals surface area contributed by atoms with Gasteiger partial charge in [-0.1, -0.05) is 49.6 Å². The van der Waals surface area contributed by atoms with Crippen molar-refractivity contribution in [2.45, 2.75) is 44.8 Å². The Morgan fingerprint density at radius 1 is 1.25 bits per heavy atom. The Bertz CT molecular complexity index is 402. The fourth-order valence-corrected chi connectivity index (χ4v) is 2.70. The molecule has 1 atom stereocenters. The predicted molar refractivity (Wildman–Crippen MR) is 79.2 cm³/mol. The van der Waals surface area contributed by atoms with Gasteiger partial charge >= 0.3 is 6.09 Å². The largest absolute Gasteiger partial charge is 0.445 e. The van der Waals surface area contributed by atoms with Crippen molar-refractivity contribution in [2.75, 3.05) is 6.54 Å².